The molecule has 12 rings (SSSR count). The predicted molar refractivity (Wildman–Crippen MR) is 270 cm³/mol. The molecule has 64 heavy (non-hydrogen) atoms. The van der Waals surface area contributed by atoms with Crippen LogP contribution in [0.4, 0.5) is 17.1 Å². The molecule has 0 unspecified atom stereocenters. The van der Waals surface area contributed by atoms with Crippen molar-refractivity contribution in [2.45, 2.75) is 57.8 Å². The topological polar surface area (TPSA) is 3.24 Å². The summed E-state index contributed by atoms with van der Waals surface area (Å²) in [5, 5.41) is 0. The summed E-state index contributed by atoms with van der Waals surface area (Å²) in [6, 6.07) is 75.3. The van der Waals surface area contributed by atoms with E-state index in [1.807, 2.05) is 0 Å². The van der Waals surface area contributed by atoms with Gasteiger partial charge in [-0.1, -0.05) is 187 Å². The molecule has 0 heterocycles. The molecule has 0 atom stereocenters. The summed E-state index contributed by atoms with van der Waals surface area (Å²) in [5.41, 5.74) is 26.8. The highest BCUT2D eigenvalue weighted by Crippen LogP contribution is 2.54. The summed E-state index contributed by atoms with van der Waals surface area (Å²) in [7, 11) is 0. The lowest BCUT2D eigenvalue weighted by Gasteiger charge is -2.29. The van der Waals surface area contributed by atoms with Gasteiger partial charge in [0.25, 0.3) is 0 Å². The van der Waals surface area contributed by atoms with Crippen molar-refractivity contribution < 1.29 is 0 Å². The summed E-state index contributed by atoms with van der Waals surface area (Å²) in [4.78, 5) is 2.47. The zero-order chi connectivity index (χ0) is 43.5. The predicted octanol–water partition coefficient (Wildman–Crippen LogP) is 17.1. The highest BCUT2D eigenvalue weighted by molar-refractivity contribution is 5.91. The summed E-state index contributed by atoms with van der Waals surface area (Å²) in [6.07, 6.45) is 0. The van der Waals surface area contributed by atoms with Gasteiger partial charge in [-0.15, -0.1) is 0 Å². The first-order valence-electron chi connectivity index (χ1n) is 22.8. The first-order chi connectivity index (χ1) is 31.0. The Labute approximate surface area is 378 Å². The normalized spacial score (nSPS) is 15.1. The van der Waals surface area contributed by atoms with Crippen LogP contribution >= 0.6 is 0 Å². The second-order valence-electron chi connectivity index (χ2n) is 19.8. The minimum absolute atomic E-state index is 0.0311. The van der Waals surface area contributed by atoms with Crippen molar-refractivity contribution in [2.24, 2.45) is 0 Å². The molecule has 308 valence electrons. The fraction of sp³-hybridized carbons (Fsp3) is 0.143. The average molecular weight is 822 g/mol. The minimum atomic E-state index is -0.191. The number of fused-ring (bicyclic) bond motifs is 9. The van der Waals surface area contributed by atoms with Gasteiger partial charge in [0, 0.05) is 33.3 Å². The van der Waals surface area contributed by atoms with Crippen molar-refractivity contribution in [3.05, 3.63) is 234 Å². The zero-order valence-corrected chi connectivity index (χ0v) is 37.5. The second kappa shape index (κ2) is 13.9. The van der Waals surface area contributed by atoms with E-state index in [0.29, 0.717) is 0 Å². The number of nitrogens with zero attached hydrogens (tertiary/aromatic N) is 1. The van der Waals surface area contributed by atoms with Crippen LogP contribution in [0.15, 0.2) is 200 Å². The molecule has 9 aromatic rings. The Hall–Kier alpha value is -7.22. The average Bonchev–Trinajstić information content (AvgIpc) is 3.81. The van der Waals surface area contributed by atoms with Gasteiger partial charge in [0.1, 0.15) is 0 Å². The summed E-state index contributed by atoms with van der Waals surface area (Å²) in [5.74, 6) is 0. The summed E-state index contributed by atoms with van der Waals surface area (Å²) >= 11 is 0. The van der Waals surface area contributed by atoms with Gasteiger partial charge < -0.3 is 4.90 Å². The maximum atomic E-state index is 2.47. The number of hydrogen-bond acceptors (Lipinski definition) is 1. The molecule has 1 nitrogen and oxygen atoms in total. The van der Waals surface area contributed by atoms with E-state index in [1.54, 1.807) is 0 Å². The fourth-order valence-electron chi connectivity index (χ4n) is 11.6. The molecule has 0 aromatic heterocycles. The molecule has 0 fully saturated rings. The Morgan fingerprint density at radius 2 is 0.609 bits per heavy atom. The van der Waals surface area contributed by atoms with Gasteiger partial charge in [0.05, 0.1) is 0 Å². The van der Waals surface area contributed by atoms with Gasteiger partial charge in [-0.25, -0.2) is 0 Å². The highest BCUT2D eigenvalue weighted by Gasteiger charge is 2.38. The fourth-order valence-corrected chi connectivity index (χ4v) is 11.6. The first kappa shape index (κ1) is 38.5. The summed E-state index contributed by atoms with van der Waals surface area (Å²) in [6.45, 7) is 14.2. The third-order valence-corrected chi connectivity index (χ3v) is 15.1. The van der Waals surface area contributed by atoms with Gasteiger partial charge in [-0.05, 0) is 155 Å². The summed E-state index contributed by atoms with van der Waals surface area (Å²) < 4.78 is 0. The molecular formula is C63H51N. The van der Waals surface area contributed by atoms with Gasteiger partial charge in [0.2, 0.25) is 0 Å². The second-order valence-corrected chi connectivity index (χ2v) is 19.8. The third kappa shape index (κ3) is 5.70. The molecule has 0 bridgehead atoms. The highest BCUT2D eigenvalue weighted by atomic mass is 15.1. The molecule has 1 heteroatoms. The van der Waals surface area contributed by atoms with E-state index in [0.717, 1.165) is 17.1 Å². The molecule has 0 saturated carbocycles. The number of anilines is 3. The quantitative estimate of drug-likeness (QED) is 0.161. The van der Waals surface area contributed by atoms with Gasteiger partial charge in [0.15, 0.2) is 0 Å². The van der Waals surface area contributed by atoms with Crippen molar-refractivity contribution in [3.8, 4) is 66.8 Å². The molecule has 0 N–H and O–H groups in total. The maximum absolute atomic E-state index is 2.47. The van der Waals surface area contributed by atoms with E-state index < -0.39 is 0 Å². The molecule has 0 aliphatic heterocycles. The first-order valence-corrected chi connectivity index (χ1v) is 22.8. The molecule has 0 radical (unpaired) electrons. The smallest absolute Gasteiger partial charge is 0.0467 e. The van der Waals surface area contributed by atoms with E-state index in [9.17, 15) is 0 Å². The molecule has 3 aliphatic carbocycles. The van der Waals surface area contributed by atoms with E-state index >= 15 is 0 Å². The Morgan fingerprint density at radius 3 is 1.17 bits per heavy atom. The van der Waals surface area contributed by atoms with Crippen molar-refractivity contribution in [3.63, 3.8) is 0 Å². The Balaban J connectivity index is 0.995. The Kier molecular flexibility index (Phi) is 8.35. The van der Waals surface area contributed by atoms with Crippen molar-refractivity contribution in [1.82, 2.24) is 0 Å². The molecule has 3 aliphatic rings. The van der Waals surface area contributed by atoms with Crippen LogP contribution in [0.25, 0.3) is 66.8 Å². The van der Waals surface area contributed by atoms with Gasteiger partial charge in [-0.2, -0.15) is 0 Å². The monoisotopic (exact) mass is 821 g/mol. The van der Waals surface area contributed by atoms with Crippen LogP contribution in [0.2, 0.25) is 0 Å². The van der Waals surface area contributed by atoms with Crippen LogP contribution in [-0.4, -0.2) is 0 Å². The Morgan fingerprint density at radius 1 is 0.234 bits per heavy atom. The number of hydrogen-bond donors (Lipinski definition) is 0. The van der Waals surface area contributed by atoms with Crippen molar-refractivity contribution in [1.29, 1.82) is 0 Å². The van der Waals surface area contributed by atoms with Crippen LogP contribution in [0.3, 0.4) is 0 Å². The molecule has 0 spiro atoms. The third-order valence-electron chi connectivity index (χ3n) is 15.1. The van der Waals surface area contributed by atoms with Gasteiger partial charge in [-0.3, -0.25) is 0 Å². The molecule has 9 aromatic carbocycles. The lowest BCUT2D eigenvalue weighted by Crippen LogP contribution is -2.16. The standard InChI is InChI=1S/C63H51N/c1-61(2)55-24-12-10-22-49(55)53-36-43(27-32-57(53)61)41-18-14-20-46(34-41)64(47-21-15-19-42(35-47)44-28-33-58-54(37-44)50-23-11-13-25-56(50)62(58,3)4)48-29-31-52-51-30-26-45(40-16-8-7-9-17-40)38-59(51)63(5,6)60(52)39-48/h7-39H,1-6H3. The SMILES string of the molecule is CC1(C)c2ccccc2-c2cc(-c3cccc(N(c4cccc(-c5ccc6c(c5)-c5ccccc5C6(C)C)c4)c4ccc5c(c4)C(C)(C)c4cc(-c6ccccc6)ccc4-5)c3)ccc21. The van der Waals surface area contributed by atoms with E-state index in [-0.39, 0.29) is 16.2 Å². The Bertz CT molecular complexity index is 3210. The van der Waals surface area contributed by atoms with Crippen LogP contribution in [0, 0.1) is 0 Å². The van der Waals surface area contributed by atoms with Crippen LogP contribution in [0.5, 0.6) is 0 Å². The minimum Gasteiger partial charge on any atom is -0.310 e. The van der Waals surface area contributed by atoms with Crippen molar-refractivity contribution >= 4 is 17.1 Å². The lowest BCUT2D eigenvalue weighted by molar-refractivity contribution is 0.660. The van der Waals surface area contributed by atoms with E-state index in [1.165, 1.54) is 100 Å². The molecule has 0 saturated heterocycles. The maximum Gasteiger partial charge on any atom is 0.0467 e. The van der Waals surface area contributed by atoms with Crippen molar-refractivity contribution in [2.75, 3.05) is 4.90 Å². The van der Waals surface area contributed by atoms with E-state index in [2.05, 4.69) is 247 Å². The zero-order valence-electron chi connectivity index (χ0n) is 37.5. The molecule has 0 amide bonds. The van der Waals surface area contributed by atoms with Crippen LogP contribution in [-0.2, 0) is 16.2 Å². The molecular weight excluding hydrogens is 771 g/mol. The van der Waals surface area contributed by atoms with Gasteiger partial charge >= 0.3 is 0 Å². The largest absolute Gasteiger partial charge is 0.310 e. The lowest BCUT2D eigenvalue weighted by atomic mass is 9.81. The number of rotatable bonds is 6. The van der Waals surface area contributed by atoms with Crippen LogP contribution in [0.1, 0.15) is 74.9 Å². The number of benzene rings is 9. The van der Waals surface area contributed by atoms with Crippen LogP contribution < -0.4 is 4.90 Å². The van der Waals surface area contributed by atoms with E-state index in [4.69, 9.17) is 0 Å².